The second-order valence-electron chi connectivity index (χ2n) is 4.71. The normalized spacial score (nSPS) is 12.0. The van der Waals surface area contributed by atoms with Crippen LogP contribution >= 0.6 is 0 Å². The SMILES string of the molecule is CCCC(NC(=O)c1c(CC)c(CC)n[nH]c1=O)C(=O)O. The fraction of sp³-hybridized carbons (Fsp3) is 0.571. The van der Waals surface area contributed by atoms with Gasteiger partial charge < -0.3 is 10.4 Å². The van der Waals surface area contributed by atoms with Gasteiger partial charge in [0.05, 0.1) is 5.69 Å². The van der Waals surface area contributed by atoms with Crippen LogP contribution in [-0.4, -0.2) is 33.2 Å². The van der Waals surface area contributed by atoms with Gasteiger partial charge in [-0.3, -0.25) is 9.59 Å². The molecular weight excluding hydrogens is 274 g/mol. The summed E-state index contributed by atoms with van der Waals surface area (Å²) in [5.74, 6) is -1.77. The Labute approximate surface area is 122 Å². The van der Waals surface area contributed by atoms with Crippen LogP contribution in [0.15, 0.2) is 4.79 Å². The van der Waals surface area contributed by atoms with Crippen LogP contribution in [0.1, 0.15) is 55.2 Å². The van der Waals surface area contributed by atoms with Gasteiger partial charge >= 0.3 is 5.97 Å². The Kier molecular flexibility index (Phi) is 6.08. The van der Waals surface area contributed by atoms with Crippen molar-refractivity contribution in [2.75, 3.05) is 0 Å². The highest BCUT2D eigenvalue weighted by molar-refractivity contribution is 5.97. The number of carboxylic acid groups (broad SMARTS) is 1. The van der Waals surface area contributed by atoms with E-state index < -0.39 is 23.5 Å². The minimum Gasteiger partial charge on any atom is -0.480 e. The van der Waals surface area contributed by atoms with Crippen molar-refractivity contribution < 1.29 is 14.7 Å². The molecule has 7 nitrogen and oxygen atoms in total. The maximum Gasteiger partial charge on any atom is 0.326 e. The number of nitrogens with zero attached hydrogens (tertiary/aromatic N) is 1. The van der Waals surface area contributed by atoms with E-state index in [4.69, 9.17) is 5.11 Å². The molecule has 0 radical (unpaired) electrons. The number of carbonyl (C=O) groups is 2. The van der Waals surface area contributed by atoms with Gasteiger partial charge in [-0.15, -0.1) is 0 Å². The lowest BCUT2D eigenvalue weighted by molar-refractivity contribution is -0.139. The molecule has 1 aromatic rings. The van der Waals surface area contributed by atoms with Gasteiger partial charge in [0.1, 0.15) is 11.6 Å². The van der Waals surface area contributed by atoms with E-state index >= 15 is 0 Å². The van der Waals surface area contributed by atoms with E-state index in [0.29, 0.717) is 36.9 Å². The molecule has 0 spiro atoms. The molecule has 1 aromatic heterocycles. The highest BCUT2D eigenvalue weighted by Crippen LogP contribution is 2.11. The Hall–Kier alpha value is -2.18. The number of aliphatic carboxylic acids is 1. The van der Waals surface area contributed by atoms with Crippen molar-refractivity contribution in [3.63, 3.8) is 0 Å². The second kappa shape index (κ2) is 7.56. The predicted molar refractivity (Wildman–Crippen MR) is 77.4 cm³/mol. The van der Waals surface area contributed by atoms with Crippen molar-refractivity contribution in [3.8, 4) is 0 Å². The number of carboxylic acids is 1. The van der Waals surface area contributed by atoms with Crippen molar-refractivity contribution in [2.24, 2.45) is 0 Å². The predicted octanol–water partition coefficient (Wildman–Crippen LogP) is 0.878. The zero-order valence-electron chi connectivity index (χ0n) is 12.5. The number of aromatic nitrogens is 2. The number of aryl methyl sites for hydroxylation is 1. The molecule has 0 aliphatic rings. The second-order valence-corrected chi connectivity index (χ2v) is 4.71. The summed E-state index contributed by atoms with van der Waals surface area (Å²) in [6.07, 6.45) is 1.99. The summed E-state index contributed by atoms with van der Waals surface area (Å²) >= 11 is 0. The van der Waals surface area contributed by atoms with Crippen LogP contribution in [0, 0.1) is 0 Å². The van der Waals surface area contributed by atoms with Crippen LogP contribution in [0.2, 0.25) is 0 Å². The van der Waals surface area contributed by atoms with Crippen molar-refractivity contribution in [1.29, 1.82) is 0 Å². The molecule has 3 N–H and O–H groups in total. The van der Waals surface area contributed by atoms with E-state index in [1.54, 1.807) is 0 Å². The third-order valence-corrected chi connectivity index (χ3v) is 3.27. The molecule has 0 aliphatic heterocycles. The quantitative estimate of drug-likeness (QED) is 0.691. The number of nitrogens with one attached hydrogen (secondary N) is 2. The third-order valence-electron chi connectivity index (χ3n) is 3.27. The van der Waals surface area contributed by atoms with Crippen molar-refractivity contribution in [2.45, 2.75) is 52.5 Å². The van der Waals surface area contributed by atoms with Gasteiger partial charge in [-0.2, -0.15) is 5.10 Å². The third kappa shape index (κ3) is 3.90. The monoisotopic (exact) mass is 295 g/mol. The molecule has 116 valence electrons. The first kappa shape index (κ1) is 16.9. The van der Waals surface area contributed by atoms with Crippen molar-refractivity contribution in [1.82, 2.24) is 15.5 Å². The molecule has 0 fully saturated rings. The molecule has 1 unspecified atom stereocenters. The molecule has 0 saturated carbocycles. The number of amides is 1. The molecule has 1 heterocycles. The van der Waals surface area contributed by atoms with E-state index in [-0.39, 0.29) is 5.56 Å². The van der Waals surface area contributed by atoms with E-state index in [1.807, 2.05) is 20.8 Å². The minimum absolute atomic E-state index is 0.0355. The fourth-order valence-electron chi connectivity index (χ4n) is 2.21. The molecule has 7 heteroatoms. The molecule has 0 aliphatic carbocycles. The molecule has 0 saturated heterocycles. The first-order valence-electron chi connectivity index (χ1n) is 7.10. The Morgan fingerprint density at radius 2 is 1.95 bits per heavy atom. The maximum absolute atomic E-state index is 12.3. The van der Waals surface area contributed by atoms with Crippen LogP contribution < -0.4 is 10.9 Å². The zero-order chi connectivity index (χ0) is 16.0. The topological polar surface area (TPSA) is 112 Å². The van der Waals surface area contributed by atoms with Crippen LogP contribution in [-0.2, 0) is 17.6 Å². The van der Waals surface area contributed by atoms with Gasteiger partial charge in [0, 0.05) is 0 Å². The zero-order valence-corrected chi connectivity index (χ0v) is 12.5. The van der Waals surface area contributed by atoms with Gasteiger partial charge in [0.15, 0.2) is 0 Å². The summed E-state index contributed by atoms with van der Waals surface area (Å²) in [5.41, 5.74) is 0.581. The first-order valence-corrected chi connectivity index (χ1v) is 7.10. The van der Waals surface area contributed by atoms with E-state index in [0.717, 1.165) is 0 Å². The standard InChI is InChI=1S/C14H21N3O4/c1-4-7-10(14(20)21)15-12(18)11-8(5-2)9(6-3)16-17-13(11)19/h10H,4-7H2,1-3H3,(H,15,18)(H,17,19)(H,20,21). The van der Waals surface area contributed by atoms with Gasteiger partial charge in [0.25, 0.3) is 11.5 Å². The molecule has 0 aromatic carbocycles. The lowest BCUT2D eigenvalue weighted by Crippen LogP contribution is -2.43. The fourth-order valence-corrected chi connectivity index (χ4v) is 2.21. The van der Waals surface area contributed by atoms with Crippen LogP contribution in [0.5, 0.6) is 0 Å². The van der Waals surface area contributed by atoms with Gasteiger partial charge in [-0.25, -0.2) is 9.89 Å². The number of carbonyl (C=O) groups excluding carboxylic acids is 1. The van der Waals surface area contributed by atoms with Crippen molar-refractivity contribution >= 4 is 11.9 Å². The lowest BCUT2D eigenvalue weighted by atomic mass is 10.0. The smallest absolute Gasteiger partial charge is 0.326 e. The van der Waals surface area contributed by atoms with E-state index in [9.17, 15) is 14.4 Å². The van der Waals surface area contributed by atoms with Crippen LogP contribution in [0.3, 0.4) is 0 Å². The van der Waals surface area contributed by atoms with Gasteiger partial charge in [0.2, 0.25) is 0 Å². The molecule has 1 amide bonds. The highest BCUT2D eigenvalue weighted by Gasteiger charge is 2.24. The first-order chi connectivity index (χ1) is 9.96. The molecule has 0 bridgehead atoms. The molecular formula is C14H21N3O4. The molecule has 21 heavy (non-hydrogen) atoms. The Morgan fingerprint density at radius 1 is 1.29 bits per heavy atom. The summed E-state index contributed by atoms with van der Waals surface area (Å²) in [6, 6.07) is -0.996. The number of rotatable bonds is 7. The lowest BCUT2D eigenvalue weighted by Gasteiger charge is -2.15. The summed E-state index contributed by atoms with van der Waals surface area (Å²) < 4.78 is 0. The molecule has 1 atom stereocenters. The number of hydrogen-bond donors (Lipinski definition) is 3. The Morgan fingerprint density at radius 3 is 2.43 bits per heavy atom. The minimum atomic E-state index is -1.11. The maximum atomic E-state index is 12.3. The summed E-state index contributed by atoms with van der Waals surface area (Å²) in [7, 11) is 0. The largest absolute Gasteiger partial charge is 0.480 e. The average Bonchev–Trinajstić information content (AvgIpc) is 2.45. The van der Waals surface area contributed by atoms with Crippen molar-refractivity contribution in [3.05, 3.63) is 27.2 Å². The van der Waals surface area contributed by atoms with E-state index in [2.05, 4.69) is 15.5 Å². The van der Waals surface area contributed by atoms with E-state index in [1.165, 1.54) is 0 Å². The Balaban J connectivity index is 3.17. The van der Waals surface area contributed by atoms with Gasteiger partial charge in [-0.1, -0.05) is 27.2 Å². The van der Waals surface area contributed by atoms with Crippen LogP contribution in [0.4, 0.5) is 0 Å². The van der Waals surface area contributed by atoms with Gasteiger partial charge in [-0.05, 0) is 24.8 Å². The summed E-state index contributed by atoms with van der Waals surface area (Å²) in [4.78, 5) is 35.3. The average molecular weight is 295 g/mol. The number of H-pyrrole nitrogens is 1. The summed E-state index contributed by atoms with van der Waals surface area (Å²) in [5, 5.41) is 17.7. The van der Waals surface area contributed by atoms with Crippen LogP contribution in [0.25, 0.3) is 0 Å². The highest BCUT2D eigenvalue weighted by atomic mass is 16.4. The summed E-state index contributed by atoms with van der Waals surface area (Å²) in [6.45, 7) is 5.53. The number of aromatic amines is 1. The Bertz CT molecular complexity index is 580. The molecule has 1 rings (SSSR count). The number of hydrogen-bond acceptors (Lipinski definition) is 4.